The molecule has 0 bridgehead atoms. The average Bonchev–Trinajstić information content (AvgIpc) is 2.69. The van der Waals surface area contributed by atoms with Crippen molar-refractivity contribution in [2.24, 2.45) is 5.10 Å². The average molecular weight is 192 g/mol. The number of thioether (sulfide) groups is 1. The molecule has 0 radical (unpaired) electrons. The predicted octanol–water partition coefficient (Wildman–Crippen LogP) is 2.03. The minimum atomic E-state index is 1.03. The maximum atomic E-state index is 4.38. The Kier molecular flexibility index (Phi) is 2.87. The molecule has 2 nitrogen and oxygen atoms in total. The van der Waals surface area contributed by atoms with Gasteiger partial charge in [-0.1, -0.05) is 30.3 Å². The van der Waals surface area contributed by atoms with Gasteiger partial charge >= 0.3 is 0 Å². The van der Waals surface area contributed by atoms with Crippen molar-refractivity contribution in [2.75, 3.05) is 18.2 Å². The van der Waals surface area contributed by atoms with E-state index in [-0.39, 0.29) is 0 Å². The third kappa shape index (κ3) is 2.49. The van der Waals surface area contributed by atoms with Crippen LogP contribution in [0.5, 0.6) is 0 Å². The fourth-order valence-electron chi connectivity index (χ4n) is 1.18. The summed E-state index contributed by atoms with van der Waals surface area (Å²) in [5.74, 6) is 2.23. The largest absolute Gasteiger partial charge is 0.286 e. The van der Waals surface area contributed by atoms with Gasteiger partial charge in [0.1, 0.15) is 0 Å². The van der Waals surface area contributed by atoms with Crippen LogP contribution >= 0.6 is 11.8 Å². The molecule has 1 heterocycles. The van der Waals surface area contributed by atoms with Gasteiger partial charge in [-0.25, -0.2) is 0 Å². The van der Waals surface area contributed by atoms with Crippen molar-refractivity contribution in [3.63, 3.8) is 0 Å². The van der Waals surface area contributed by atoms with Crippen LogP contribution in [-0.2, 0) is 0 Å². The molecule has 2 rings (SSSR count). The van der Waals surface area contributed by atoms with Crippen molar-refractivity contribution < 1.29 is 0 Å². The number of rotatable bonds is 2. The van der Waals surface area contributed by atoms with Gasteiger partial charge in [-0.05, 0) is 5.56 Å². The Morgan fingerprint density at radius 1 is 1.31 bits per heavy atom. The molecule has 13 heavy (non-hydrogen) atoms. The Morgan fingerprint density at radius 3 is 2.85 bits per heavy atom. The van der Waals surface area contributed by atoms with Gasteiger partial charge in [-0.15, -0.1) is 11.8 Å². The summed E-state index contributed by atoms with van der Waals surface area (Å²) in [7, 11) is 0. The van der Waals surface area contributed by atoms with Crippen molar-refractivity contribution in [1.29, 1.82) is 0 Å². The second kappa shape index (κ2) is 4.33. The standard InChI is InChI=1S/C10H12N2S/c1-2-4-10(5-3-1)8-11-12-6-7-13-9-12/h1-5,8H,6-7,9H2. The Bertz CT molecular complexity index is 278. The first-order valence-electron chi connectivity index (χ1n) is 4.37. The SMILES string of the molecule is C(=NN1CCSC1)c1ccccc1. The van der Waals surface area contributed by atoms with Gasteiger partial charge in [-0.2, -0.15) is 5.10 Å². The predicted molar refractivity (Wildman–Crippen MR) is 58.1 cm³/mol. The topological polar surface area (TPSA) is 15.6 Å². The number of hydrazone groups is 1. The summed E-state index contributed by atoms with van der Waals surface area (Å²) < 4.78 is 0. The molecule has 0 aliphatic carbocycles. The van der Waals surface area contributed by atoms with Gasteiger partial charge in [0.05, 0.1) is 12.1 Å². The lowest BCUT2D eigenvalue weighted by molar-refractivity contribution is 0.381. The Balaban J connectivity index is 1.97. The van der Waals surface area contributed by atoms with E-state index in [4.69, 9.17) is 0 Å². The van der Waals surface area contributed by atoms with Gasteiger partial charge in [0, 0.05) is 12.3 Å². The first-order valence-corrected chi connectivity index (χ1v) is 5.52. The van der Waals surface area contributed by atoms with E-state index >= 15 is 0 Å². The zero-order chi connectivity index (χ0) is 8.93. The lowest BCUT2D eigenvalue weighted by atomic mass is 10.2. The zero-order valence-electron chi connectivity index (χ0n) is 7.39. The fourth-order valence-corrected chi connectivity index (χ4v) is 2.06. The number of benzene rings is 1. The van der Waals surface area contributed by atoms with Crippen LogP contribution in [0.3, 0.4) is 0 Å². The van der Waals surface area contributed by atoms with Crippen LogP contribution in [0.2, 0.25) is 0 Å². The highest BCUT2D eigenvalue weighted by Gasteiger charge is 2.07. The molecule has 0 N–H and O–H groups in total. The maximum absolute atomic E-state index is 4.38. The number of hydrogen-bond acceptors (Lipinski definition) is 3. The molecule has 1 aromatic carbocycles. The molecule has 1 saturated heterocycles. The Morgan fingerprint density at radius 2 is 2.15 bits per heavy atom. The minimum absolute atomic E-state index is 1.03. The minimum Gasteiger partial charge on any atom is -0.286 e. The molecule has 0 unspecified atom stereocenters. The summed E-state index contributed by atoms with van der Waals surface area (Å²) in [6.45, 7) is 1.08. The number of nitrogens with zero attached hydrogens (tertiary/aromatic N) is 2. The van der Waals surface area contributed by atoms with E-state index < -0.39 is 0 Å². The second-order valence-corrected chi connectivity index (χ2v) is 4.00. The summed E-state index contributed by atoms with van der Waals surface area (Å²) >= 11 is 1.93. The van der Waals surface area contributed by atoms with Gasteiger partial charge in [0.25, 0.3) is 0 Å². The molecule has 0 spiro atoms. The van der Waals surface area contributed by atoms with E-state index in [0.29, 0.717) is 0 Å². The molecule has 1 fully saturated rings. The zero-order valence-corrected chi connectivity index (χ0v) is 8.20. The fraction of sp³-hybridized carbons (Fsp3) is 0.300. The highest BCUT2D eigenvalue weighted by molar-refractivity contribution is 7.99. The van der Waals surface area contributed by atoms with Crippen molar-refractivity contribution in [3.8, 4) is 0 Å². The molecule has 0 aromatic heterocycles. The van der Waals surface area contributed by atoms with E-state index in [0.717, 1.165) is 12.4 Å². The van der Waals surface area contributed by atoms with Gasteiger partial charge in [0.15, 0.2) is 0 Å². The summed E-state index contributed by atoms with van der Waals surface area (Å²) in [5.41, 5.74) is 1.17. The van der Waals surface area contributed by atoms with Crippen LogP contribution in [0, 0.1) is 0 Å². The van der Waals surface area contributed by atoms with Crippen LogP contribution in [-0.4, -0.2) is 29.4 Å². The molecule has 1 aromatic rings. The van der Waals surface area contributed by atoms with E-state index in [1.807, 2.05) is 36.2 Å². The Hall–Kier alpha value is -0.960. The third-order valence-corrected chi connectivity index (χ3v) is 2.86. The van der Waals surface area contributed by atoms with Crippen molar-refractivity contribution in [3.05, 3.63) is 35.9 Å². The van der Waals surface area contributed by atoms with Gasteiger partial charge in [-0.3, -0.25) is 5.01 Å². The van der Waals surface area contributed by atoms with Crippen LogP contribution < -0.4 is 0 Å². The lowest BCUT2D eigenvalue weighted by Crippen LogP contribution is -2.11. The summed E-state index contributed by atoms with van der Waals surface area (Å²) in [6, 6.07) is 10.2. The van der Waals surface area contributed by atoms with Gasteiger partial charge < -0.3 is 0 Å². The normalized spacial score (nSPS) is 17.1. The molecule has 1 aliphatic heterocycles. The highest BCUT2D eigenvalue weighted by Crippen LogP contribution is 2.12. The first kappa shape index (κ1) is 8.63. The van der Waals surface area contributed by atoms with E-state index in [9.17, 15) is 0 Å². The highest BCUT2D eigenvalue weighted by atomic mass is 32.2. The quantitative estimate of drug-likeness (QED) is 0.666. The monoisotopic (exact) mass is 192 g/mol. The molecular weight excluding hydrogens is 180 g/mol. The number of hydrogen-bond donors (Lipinski definition) is 0. The molecule has 0 atom stereocenters. The third-order valence-electron chi connectivity index (χ3n) is 1.90. The maximum Gasteiger partial charge on any atom is 0.0815 e. The first-order chi connectivity index (χ1) is 6.45. The summed E-state index contributed by atoms with van der Waals surface area (Å²) in [5, 5.41) is 6.48. The van der Waals surface area contributed by atoms with Crippen LogP contribution in [0.25, 0.3) is 0 Å². The van der Waals surface area contributed by atoms with Crippen LogP contribution in [0.1, 0.15) is 5.56 Å². The Labute approximate surface area is 82.6 Å². The summed E-state index contributed by atoms with van der Waals surface area (Å²) in [4.78, 5) is 0. The van der Waals surface area contributed by atoms with Crippen LogP contribution in [0.4, 0.5) is 0 Å². The van der Waals surface area contributed by atoms with E-state index in [1.165, 1.54) is 11.3 Å². The van der Waals surface area contributed by atoms with Gasteiger partial charge in [0.2, 0.25) is 0 Å². The van der Waals surface area contributed by atoms with Crippen molar-refractivity contribution in [1.82, 2.24) is 5.01 Å². The molecular formula is C10H12N2S. The second-order valence-electron chi connectivity index (χ2n) is 2.92. The lowest BCUT2D eigenvalue weighted by Gasteiger charge is -2.07. The molecule has 68 valence electrons. The smallest absolute Gasteiger partial charge is 0.0815 e. The van der Waals surface area contributed by atoms with E-state index in [2.05, 4.69) is 22.2 Å². The summed E-state index contributed by atoms with van der Waals surface area (Å²) in [6.07, 6.45) is 1.92. The molecule has 0 amide bonds. The molecule has 3 heteroatoms. The van der Waals surface area contributed by atoms with Crippen molar-refractivity contribution >= 4 is 18.0 Å². The molecule has 1 aliphatic rings. The molecule has 0 saturated carbocycles. The van der Waals surface area contributed by atoms with Crippen molar-refractivity contribution in [2.45, 2.75) is 0 Å². The van der Waals surface area contributed by atoms with Crippen LogP contribution in [0.15, 0.2) is 35.4 Å². The van der Waals surface area contributed by atoms with E-state index in [1.54, 1.807) is 0 Å².